The average Bonchev–Trinajstić information content (AvgIpc) is 2.43. The minimum absolute atomic E-state index is 0.285. The fraction of sp³-hybridized carbons (Fsp3) is 0.250. The number of hydrogen-bond acceptors (Lipinski definition) is 2. The molecule has 0 aliphatic rings. The summed E-state index contributed by atoms with van der Waals surface area (Å²) in [5.74, 6) is 0.380. The summed E-state index contributed by atoms with van der Waals surface area (Å²) in [6.07, 6.45) is 0.871. The monoisotopic (exact) mass is 327 g/mol. The highest BCUT2D eigenvalue weighted by Crippen LogP contribution is 2.25. The molecular formula is C16H16Cl2FNO. The summed E-state index contributed by atoms with van der Waals surface area (Å²) in [7, 11) is 1.59. The molecule has 0 amide bonds. The van der Waals surface area contributed by atoms with Crippen LogP contribution in [0.25, 0.3) is 0 Å². The summed E-state index contributed by atoms with van der Waals surface area (Å²) in [5.41, 5.74) is 7.46. The van der Waals surface area contributed by atoms with E-state index in [1.54, 1.807) is 31.4 Å². The molecule has 0 aliphatic heterocycles. The molecule has 2 N–H and O–H groups in total. The molecule has 2 aromatic carbocycles. The van der Waals surface area contributed by atoms with Gasteiger partial charge in [-0.1, -0.05) is 29.3 Å². The number of ether oxygens (including phenoxy) is 1. The van der Waals surface area contributed by atoms with Gasteiger partial charge in [0, 0.05) is 21.7 Å². The number of benzene rings is 2. The fourth-order valence-corrected chi connectivity index (χ4v) is 2.69. The van der Waals surface area contributed by atoms with Crippen LogP contribution in [0.1, 0.15) is 11.1 Å². The van der Waals surface area contributed by atoms with Gasteiger partial charge >= 0.3 is 0 Å². The first-order valence-corrected chi connectivity index (χ1v) is 7.27. The Morgan fingerprint density at radius 1 is 1.19 bits per heavy atom. The van der Waals surface area contributed by atoms with Crippen molar-refractivity contribution in [2.24, 2.45) is 5.73 Å². The van der Waals surface area contributed by atoms with E-state index in [-0.39, 0.29) is 11.9 Å². The summed E-state index contributed by atoms with van der Waals surface area (Å²) in [6.45, 7) is 0. The van der Waals surface area contributed by atoms with Crippen molar-refractivity contribution >= 4 is 23.2 Å². The normalized spacial score (nSPS) is 12.2. The lowest BCUT2D eigenvalue weighted by atomic mass is 9.99. The number of hydrogen-bond donors (Lipinski definition) is 1. The SMILES string of the molecule is COc1ccc(Cl)cc1CC(N)Cc1c(F)cccc1Cl. The van der Waals surface area contributed by atoms with Crippen molar-refractivity contribution in [1.29, 1.82) is 0 Å². The van der Waals surface area contributed by atoms with Crippen LogP contribution in [-0.2, 0) is 12.8 Å². The lowest BCUT2D eigenvalue weighted by Crippen LogP contribution is -2.26. The molecule has 0 heterocycles. The molecule has 0 spiro atoms. The first kappa shape index (κ1) is 16.1. The summed E-state index contributed by atoms with van der Waals surface area (Å²) >= 11 is 12.0. The third kappa shape index (κ3) is 4.10. The molecule has 2 aromatic rings. The van der Waals surface area contributed by atoms with Crippen LogP contribution in [-0.4, -0.2) is 13.2 Å². The van der Waals surface area contributed by atoms with Crippen molar-refractivity contribution in [2.75, 3.05) is 7.11 Å². The molecule has 0 radical (unpaired) electrons. The first-order valence-electron chi connectivity index (χ1n) is 6.52. The van der Waals surface area contributed by atoms with E-state index in [0.717, 1.165) is 11.3 Å². The van der Waals surface area contributed by atoms with Gasteiger partial charge in [-0.15, -0.1) is 0 Å². The fourth-order valence-electron chi connectivity index (χ4n) is 2.25. The maximum absolute atomic E-state index is 13.8. The van der Waals surface area contributed by atoms with Crippen molar-refractivity contribution in [3.63, 3.8) is 0 Å². The zero-order chi connectivity index (χ0) is 15.4. The standard InChI is InChI=1S/C16H16Cl2FNO/c1-21-16-6-5-11(17)7-10(16)8-12(20)9-13-14(18)3-2-4-15(13)19/h2-7,12H,8-9,20H2,1H3. The third-order valence-electron chi connectivity index (χ3n) is 3.25. The highest BCUT2D eigenvalue weighted by molar-refractivity contribution is 6.31. The first-order chi connectivity index (χ1) is 10.0. The van der Waals surface area contributed by atoms with Gasteiger partial charge in [-0.05, 0) is 48.7 Å². The Balaban J connectivity index is 2.15. The van der Waals surface area contributed by atoms with E-state index in [9.17, 15) is 4.39 Å². The maximum atomic E-state index is 13.8. The van der Waals surface area contributed by atoms with Gasteiger partial charge in [0.15, 0.2) is 0 Å². The van der Waals surface area contributed by atoms with Gasteiger partial charge in [-0.2, -0.15) is 0 Å². The predicted octanol–water partition coefficient (Wildman–Crippen LogP) is 4.25. The Morgan fingerprint density at radius 3 is 2.62 bits per heavy atom. The van der Waals surface area contributed by atoms with Crippen molar-refractivity contribution in [3.05, 3.63) is 63.4 Å². The number of halogens is 3. The maximum Gasteiger partial charge on any atom is 0.127 e. The minimum Gasteiger partial charge on any atom is -0.496 e. The van der Waals surface area contributed by atoms with Gasteiger partial charge in [0.1, 0.15) is 11.6 Å². The highest BCUT2D eigenvalue weighted by Gasteiger charge is 2.14. The van der Waals surface area contributed by atoms with Gasteiger partial charge in [-0.3, -0.25) is 0 Å². The molecule has 0 saturated carbocycles. The van der Waals surface area contributed by atoms with Crippen molar-refractivity contribution in [1.82, 2.24) is 0 Å². The predicted molar refractivity (Wildman–Crippen MR) is 84.8 cm³/mol. The smallest absolute Gasteiger partial charge is 0.127 e. The molecule has 0 saturated heterocycles. The number of methoxy groups -OCH3 is 1. The van der Waals surface area contributed by atoms with Crippen molar-refractivity contribution in [2.45, 2.75) is 18.9 Å². The zero-order valence-corrected chi connectivity index (χ0v) is 13.1. The van der Waals surface area contributed by atoms with Gasteiger partial charge in [0.25, 0.3) is 0 Å². The van der Waals surface area contributed by atoms with Gasteiger partial charge in [0.2, 0.25) is 0 Å². The van der Waals surface area contributed by atoms with Crippen LogP contribution in [0.4, 0.5) is 4.39 Å². The second-order valence-corrected chi connectivity index (χ2v) is 5.67. The van der Waals surface area contributed by atoms with Crippen LogP contribution < -0.4 is 10.5 Å². The van der Waals surface area contributed by atoms with Crippen LogP contribution in [0.15, 0.2) is 36.4 Å². The van der Waals surface area contributed by atoms with Gasteiger partial charge in [0.05, 0.1) is 7.11 Å². The van der Waals surface area contributed by atoms with E-state index in [4.69, 9.17) is 33.7 Å². The largest absolute Gasteiger partial charge is 0.496 e. The quantitative estimate of drug-likeness (QED) is 0.890. The Hall–Kier alpha value is -1.29. The molecule has 21 heavy (non-hydrogen) atoms. The van der Waals surface area contributed by atoms with E-state index in [0.29, 0.717) is 28.5 Å². The van der Waals surface area contributed by atoms with Crippen LogP contribution in [0.3, 0.4) is 0 Å². The zero-order valence-electron chi connectivity index (χ0n) is 11.6. The molecule has 112 valence electrons. The Kier molecular flexibility index (Phi) is 5.45. The molecule has 0 aromatic heterocycles. The second kappa shape index (κ2) is 7.12. The summed E-state index contributed by atoms with van der Waals surface area (Å²) < 4.78 is 19.1. The summed E-state index contributed by atoms with van der Waals surface area (Å²) in [5, 5.41) is 1.01. The molecule has 5 heteroatoms. The topological polar surface area (TPSA) is 35.2 Å². The molecule has 0 aliphatic carbocycles. The van der Waals surface area contributed by atoms with E-state index in [1.165, 1.54) is 6.07 Å². The lowest BCUT2D eigenvalue weighted by Gasteiger charge is -2.16. The molecule has 2 nitrogen and oxygen atoms in total. The lowest BCUT2D eigenvalue weighted by molar-refractivity contribution is 0.407. The Bertz CT molecular complexity index is 613. The number of rotatable bonds is 5. The van der Waals surface area contributed by atoms with Crippen LogP contribution in [0.2, 0.25) is 10.0 Å². The van der Waals surface area contributed by atoms with Crippen molar-refractivity contribution < 1.29 is 9.13 Å². The molecule has 1 atom stereocenters. The second-order valence-electron chi connectivity index (χ2n) is 4.82. The van der Waals surface area contributed by atoms with Crippen LogP contribution in [0, 0.1) is 5.82 Å². The van der Waals surface area contributed by atoms with Gasteiger partial charge in [-0.25, -0.2) is 4.39 Å². The molecular weight excluding hydrogens is 312 g/mol. The van der Waals surface area contributed by atoms with E-state index < -0.39 is 0 Å². The highest BCUT2D eigenvalue weighted by atomic mass is 35.5. The number of nitrogens with two attached hydrogens (primary N) is 1. The molecule has 1 unspecified atom stereocenters. The van der Waals surface area contributed by atoms with E-state index in [2.05, 4.69) is 0 Å². The molecule has 0 bridgehead atoms. The van der Waals surface area contributed by atoms with Crippen LogP contribution >= 0.6 is 23.2 Å². The summed E-state index contributed by atoms with van der Waals surface area (Å²) in [4.78, 5) is 0. The minimum atomic E-state index is -0.337. The van der Waals surface area contributed by atoms with Gasteiger partial charge < -0.3 is 10.5 Å². The Morgan fingerprint density at radius 2 is 1.95 bits per heavy atom. The third-order valence-corrected chi connectivity index (χ3v) is 3.84. The molecule has 0 fully saturated rings. The van der Waals surface area contributed by atoms with E-state index >= 15 is 0 Å². The van der Waals surface area contributed by atoms with Crippen LogP contribution in [0.5, 0.6) is 5.75 Å². The Labute approximate surface area is 133 Å². The average molecular weight is 328 g/mol. The molecule has 2 rings (SSSR count). The van der Waals surface area contributed by atoms with E-state index in [1.807, 2.05) is 6.07 Å². The van der Waals surface area contributed by atoms with Crippen molar-refractivity contribution in [3.8, 4) is 5.75 Å². The summed E-state index contributed by atoms with van der Waals surface area (Å²) in [6, 6.07) is 9.69.